The highest BCUT2D eigenvalue weighted by Gasteiger charge is 2.26. The number of hydrogen-bond donors (Lipinski definition) is 1. The standard InChI is InChI=1S/C17H16N2O5S/c1-8-18-11-5-6-25-16(11)12(19-8)9-7-10(17(20)21)14(23-3)15(24-4)13(9)22-2/h5-7H,1-4H3,(H,20,21). The number of rotatable bonds is 5. The van der Waals surface area contributed by atoms with E-state index in [1.807, 2.05) is 11.4 Å². The summed E-state index contributed by atoms with van der Waals surface area (Å²) in [5.41, 5.74) is 1.87. The second-order valence-corrected chi connectivity index (χ2v) is 6.05. The highest BCUT2D eigenvalue weighted by atomic mass is 32.1. The van der Waals surface area contributed by atoms with Crippen molar-refractivity contribution in [1.29, 1.82) is 0 Å². The number of thiophene rings is 1. The van der Waals surface area contributed by atoms with Gasteiger partial charge in [-0.1, -0.05) is 0 Å². The molecule has 0 atom stereocenters. The summed E-state index contributed by atoms with van der Waals surface area (Å²) in [6, 6.07) is 3.38. The Hall–Kier alpha value is -2.87. The first-order valence-electron chi connectivity index (χ1n) is 7.30. The number of methoxy groups -OCH3 is 3. The van der Waals surface area contributed by atoms with E-state index in [0.29, 0.717) is 22.8 Å². The number of carboxylic acids is 1. The van der Waals surface area contributed by atoms with Gasteiger partial charge in [-0.3, -0.25) is 0 Å². The van der Waals surface area contributed by atoms with Gasteiger partial charge in [0.15, 0.2) is 11.5 Å². The molecule has 0 aliphatic heterocycles. The fourth-order valence-electron chi connectivity index (χ4n) is 2.71. The summed E-state index contributed by atoms with van der Waals surface area (Å²) < 4.78 is 17.0. The number of benzene rings is 1. The molecular weight excluding hydrogens is 344 g/mol. The van der Waals surface area contributed by atoms with Crippen molar-refractivity contribution in [3.8, 4) is 28.5 Å². The van der Waals surface area contributed by atoms with Crippen molar-refractivity contribution in [3.05, 3.63) is 28.9 Å². The summed E-state index contributed by atoms with van der Waals surface area (Å²) in [6.07, 6.45) is 0. The van der Waals surface area contributed by atoms with Gasteiger partial charge in [0.05, 0.1) is 37.2 Å². The summed E-state index contributed by atoms with van der Waals surface area (Å²) >= 11 is 1.47. The molecule has 3 rings (SSSR count). The normalized spacial score (nSPS) is 10.7. The molecule has 0 saturated heterocycles. The summed E-state index contributed by atoms with van der Waals surface area (Å²) in [5, 5.41) is 11.5. The van der Waals surface area contributed by atoms with E-state index in [0.717, 1.165) is 10.2 Å². The predicted octanol–water partition coefficient (Wildman–Crippen LogP) is 3.39. The van der Waals surface area contributed by atoms with Gasteiger partial charge in [0.2, 0.25) is 5.75 Å². The predicted molar refractivity (Wildman–Crippen MR) is 94.2 cm³/mol. The average molecular weight is 360 g/mol. The van der Waals surface area contributed by atoms with Crippen LogP contribution in [0.1, 0.15) is 16.2 Å². The summed E-state index contributed by atoms with van der Waals surface area (Å²) in [5.74, 6) is 0.115. The van der Waals surface area contributed by atoms with Crippen molar-refractivity contribution in [2.24, 2.45) is 0 Å². The third-order valence-corrected chi connectivity index (χ3v) is 4.61. The van der Waals surface area contributed by atoms with E-state index in [1.54, 1.807) is 6.92 Å². The number of fused-ring (bicyclic) bond motifs is 1. The molecular formula is C17H16N2O5S. The van der Waals surface area contributed by atoms with Gasteiger partial charge in [-0.05, 0) is 24.4 Å². The minimum atomic E-state index is -1.13. The van der Waals surface area contributed by atoms with Gasteiger partial charge in [-0.2, -0.15) is 0 Å². The van der Waals surface area contributed by atoms with Gasteiger partial charge in [-0.15, -0.1) is 11.3 Å². The van der Waals surface area contributed by atoms with Gasteiger partial charge in [-0.25, -0.2) is 14.8 Å². The smallest absolute Gasteiger partial charge is 0.339 e. The minimum absolute atomic E-state index is 0.0314. The van der Waals surface area contributed by atoms with Crippen LogP contribution in [0.25, 0.3) is 21.5 Å². The van der Waals surface area contributed by atoms with Crippen LogP contribution in [0, 0.1) is 6.92 Å². The van der Waals surface area contributed by atoms with Crippen molar-refractivity contribution in [2.75, 3.05) is 21.3 Å². The van der Waals surface area contributed by atoms with E-state index in [-0.39, 0.29) is 17.1 Å². The molecule has 8 heteroatoms. The lowest BCUT2D eigenvalue weighted by Gasteiger charge is -2.18. The highest BCUT2D eigenvalue weighted by Crippen LogP contribution is 2.47. The SMILES string of the molecule is COc1c(C(=O)O)cc(-c2nc(C)nc3ccsc23)c(OC)c1OC. The second kappa shape index (κ2) is 6.56. The van der Waals surface area contributed by atoms with Crippen molar-refractivity contribution >= 4 is 27.5 Å². The Morgan fingerprint density at radius 2 is 1.76 bits per heavy atom. The van der Waals surface area contributed by atoms with Crippen LogP contribution in [0.15, 0.2) is 17.5 Å². The molecule has 1 aromatic carbocycles. The van der Waals surface area contributed by atoms with Crippen molar-refractivity contribution < 1.29 is 24.1 Å². The molecule has 0 aliphatic carbocycles. The zero-order valence-electron chi connectivity index (χ0n) is 14.1. The number of aromatic nitrogens is 2. The van der Waals surface area contributed by atoms with Gasteiger partial charge in [0.1, 0.15) is 11.4 Å². The number of hydrogen-bond acceptors (Lipinski definition) is 7. The van der Waals surface area contributed by atoms with Gasteiger partial charge in [0, 0.05) is 5.56 Å². The fourth-order valence-corrected chi connectivity index (χ4v) is 3.55. The first-order valence-corrected chi connectivity index (χ1v) is 8.18. The zero-order valence-corrected chi connectivity index (χ0v) is 14.9. The number of carboxylic acid groups (broad SMARTS) is 1. The lowest BCUT2D eigenvalue weighted by atomic mass is 10.0. The Labute approximate surface area is 147 Å². The number of nitrogens with zero attached hydrogens (tertiary/aromatic N) is 2. The molecule has 7 nitrogen and oxygen atoms in total. The van der Waals surface area contributed by atoms with Crippen molar-refractivity contribution in [3.63, 3.8) is 0 Å². The average Bonchev–Trinajstić information content (AvgIpc) is 3.06. The number of aryl methyl sites for hydroxylation is 1. The molecule has 1 N–H and O–H groups in total. The molecule has 0 spiro atoms. The van der Waals surface area contributed by atoms with E-state index in [4.69, 9.17) is 14.2 Å². The quantitative estimate of drug-likeness (QED) is 0.746. The van der Waals surface area contributed by atoms with E-state index < -0.39 is 5.97 Å². The van der Waals surface area contributed by atoms with Crippen molar-refractivity contribution in [1.82, 2.24) is 9.97 Å². The Balaban J connectivity index is 2.44. The van der Waals surface area contributed by atoms with E-state index >= 15 is 0 Å². The molecule has 0 aliphatic rings. The lowest BCUT2D eigenvalue weighted by Crippen LogP contribution is -2.06. The molecule has 0 amide bonds. The van der Waals surface area contributed by atoms with Gasteiger partial charge < -0.3 is 19.3 Å². The second-order valence-electron chi connectivity index (χ2n) is 5.13. The molecule has 0 unspecified atom stereocenters. The Kier molecular flexibility index (Phi) is 4.45. The Morgan fingerprint density at radius 1 is 1.08 bits per heavy atom. The van der Waals surface area contributed by atoms with E-state index in [2.05, 4.69) is 9.97 Å². The molecule has 130 valence electrons. The number of carbonyl (C=O) groups is 1. The molecule has 2 heterocycles. The summed E-state index contributed by atoms with van der Waals surface area (Å²) in [7, 11) is 4.30. The summed E-state index contributed by atoms with van der Waals surface area (Å²) in [4.78, 5) is 20.6. The first-order chi connectivity index (χ1) is 12.0. The topological polar surface area (TPSA) is 90.8 Å². The van der Waals surface area contributed by atoms with Gasteiger partial charge in [0.25, 0.3) is 0 Å². The van der Waals surface area contributed by atoms with Crippen molar-refractivity contribution in [2.45, 2.75) is 6.92 Å². The largest absolute Gasteiger partial charge is 0.492 e. The third kappa shape index (κ3) is 2.74. The van der Waals surface area contributed by atoms with Crippen LogP contribution in [-0.4, -0.2) is 42.4 Å². The molecule has 3 aromatic rings. The molecule has 0 fully saturated rings. The Morgan fingerprint density at radius 3 is 2.36 bits per heavy atom. The van der Waals surface area contributed by atoms with Gasteiger partial charge >= 0.3 is 5.97 Å². The van der Waals surface area contributed by atoms with Crippen LogP contribution in [0.5, 0.6) is 17.2 Å². The molecule has 0 radical (unpaired) electrons. The van der Waals surface area contributed by atoms with E-state index in [1.165, 1.54) is 38.7 Å². The van der Waals surface area contributed by atoms with Crippen LogP contribution in [0.2, 0.25) is 0 Å². The number of aromatic carboxylic acids is 1. The maximum atomic E-state index is 11.7. The van der Waals surface area contributed by atoms with Crippen LogP contribution in [0.3, 0.4) is 0 Å². The number of ether oxygens (including phenoxy) is 3. The lowest BCUT2D eigenvalue weighted by molar-refractivity contribution is 0.0692. The first kappa shape index (κ1) is 17.0. The molecule has 25 heavy (non-hydrogen) atoms. The maximum absolute atomic E-state index is 11.7. The third-order valence-electron chi connectivity index (χ3n) is 3.70. The Bertz CT molecular complexity index is 967. The van der Waals surface area contributed by atoms with Crippen LogP contribution < -0.4 is 14.2 Å². The van der Waals surface area contributed by atoms with Crippen LogP contribution in [-0.2, 0) is 0 Å². The zero-order chi connectivity index (χ0) is 18.1. The minimum Gasteiger partial charge on any atom is -0.492 e. The fraction of sp³-hybridized carbons (Fsp3) is 0.235. The summed E-state index contributed by atoms with van der Waals surface area (Å²) in [6.45, 7) is 1.78. The van der Waals surface area contributed by atoms with E-state index in [9.17, 15) is 9.90 Å². The molecule has 0 saturated carbocycles. The van der Waals surface area contributed by atoms with Crippen LogP contribution in [0.4, 0.5) is 0 Å². The highest BCUT2D eigenvalue weighted by molar-refractivity contribution is 7.17. The maximum Gasteiger partial charge on any atom is 0.339 e. The monoisotopic (exact) mass is 360 g/mol. The molecule has 0 bridgehead atoms. The van der Waals surface area contributed by atoms with Crippen LogP contribution >= 0.6 is 11.3 Å². The molecule has 2 aromatic heterocycles.